The molecule has 0 aliphatic carbocycles. The predicted molar refractivity (Wildman–Crippen MR) is 97.8 cm³/mol. The van der Waals surface area contributed by atoms with Gasteiger partial charge in [-0.3, -0.25) is 0 Å². The summed E-state index contributed by atoms with van der Waals surface area (Å²) < 4.78 is 47.8. The molecule has 0 spiro atoms. The van der Waals surface area contributed by atoms with Gasteiger partial charge in [0.1, 0.15) is 0 Å². The number of morpholine rings is 1. The fourth-order valence-corrected chi connectivity index (χ4v) is 2.97. The summed E-state index contributed by atoms with van der Waals surface area (Å²) in [5.74, 6) is -1.57. The van der Waals surface area contributed by atoms with Crippen molar-refractivity contribution in [2.24, 2.45) is 0 Å². The monoisotopic (exact) mass is 412 g/mol. The fraction of sp³-hybridized carbons (Fsp3) is 0.526. The Hall–Kier alpha value is -2.62. The lowest BCUT2D eigenvalue weighted by atomic mass is 10.1. The van der Waals surface area contributed by atoms with Crippen molar-refractivity contribution in [2.45, 2.75) is 32.5 Å². The smallest absolute Gasteiger partial charge is 0.413 e. The van der Waals surface area contributed by atoms with E-state index in [2.05, 4.69) is 17.1 Å². The lowest BCUT2D eigenvalue weighted by Crippen LogP contribution is -2.48. The van der Waals surface area contributed by atoms with E-state index < -0.39 is 12.1 Å². The second-order valence-corrected chi connectivity index (χ2v) is 6.76. The van der Waals surface area contributed by atoms with Crippen LogP contribution in [0, 0.1) is 0 Å². The van der Waals surface area contributed by atoms with E-state index in [-0.39, 0.29) is 11.9 Å². The maximum Gasteiger partial charge on any atom is 0.470 e. The highest BCUT2D eigenvalue weighted by molar-refractivity contribution is 5.74. The van der Waals surface area contributed by atoms with Gasteiger partial charge in [0.2, 0.25) is 5.89 Å². The Morgan fingerprint density at radius 3 is 2.45 bits per heavy atom. The average molecular weight is 412 g/mol. The number of rotatable bonds is 6. The van der Waals surface area contributed by atoms with Gasteiger partial charge >= 0.3 is 18.1 Å². The zero-order valence-electron chi connectivity index (χ0n) is 16.1. The van der Waals surface area contributed by atoms with Gasteiger partial charge in [-0.15, -0.1) is 10.2 Å². The highest BCUT2D eigenvalue weighted by atomic mass is 19.4. The molecule has 0 atom stereocenters. The van der Waals surface area contributed by atoms with Crippen molar-refractivity contribution in [2.75, 3.05) is 32.8 Å². The van der Waals surface area contributed by atoms with E-state index in [1.165, 1.54) is 0 Å². The number of hydrogen-bond donors (Lipinski definition) is 0. The molecule has 1 saturated heterocycles. The van der Waals surface area contributed by atoms with E-state index in [1.807, 2.05) is 0 Å². The standard InChI is InChI=1S/C19H23F3N4O3/c1-2-3-8-26(18(27)25-9-11-28-12-10-25)13-14-4-6-15(7-5-14)16-23-24-17(29-16)19(20,21)22/h4-7H,2-3,8-13H2,1H3. The third-order valence-electron chi connectivity index (χ3n) is 4.58. The summed E-state index contributed by atoms with van der Waals surface area (Å²) in [7, 11) is 0. The Labute approximate surface area is 166 Å². The maximum absolute atomic E-state index is 12.9. The van der Waals surface area contributed by atoms with Gasteiger partial charge in [0.25, 0.3) is 0 Å². The van der Waals surface area contributed by atoms with Crippen LogP contribution in [0.15, 0.2) is 28.7 Å². The number of carbonyl (C=O) groups is 1. The number of benzene rings is 1. The molecule has 1 aliphatic heterocycles. The zero-order valence-corrected chi connectivity index (χ0v) is 16.1. The second-order valence-electron chi connectivity index (χ2n) is 6.76. The first-order valence-corrected chi connectivity index (χ1v) is 9.50. The number of hydrogen-bond acceptors (Lipinski definition) is 5. The molecule has 7 nitrogen and oxygen atoms in total. The minimum atomic E-state index is -4.68. The van der Waals surface area contributed by atoms with Crippen molar-refractivity contribution in [3.05, 3.63) is 35.7 Å². The molecule has 0 bridgehead atoms. The molecule has 0 radical (unpaired) electrons. The molecular weight excluding hydrogens is 389 g/mol. The lowest BCUT2D eigenvalue weighted by Gasteiger charge is -2.33. The lowest BCUT2D eigenvalue weighted by molar-refractivity contribution is -0.156. The normalized spacial score (nSPS) is 14.8. The molecule has 29 heavy (non-hydrogen) atoms. The number of aromatic nitrogens is 2. The second kappa shape index (κ2) is 9.25. The van der Waals surface area contributed by atoms with Crippen molar-refractivity contribution < 1.29 is 27.1 Å². The quantitative estimate of drug-likeness (QED) is 0.722. The molecule has 1 aromatic carbocycles. The summed E-state index contributed by atoms with van der Waals surface area (Å²) in [4.78, 5) is 16.4. The molecule has 0 N–H and O–H groups in total. The van der Waals surface area contributed by atoms with Crippen LogP contribution in [0.1, 0.15) is 31.2 Å². The minimum Gasteiger partial charge on any atom is -0.413 e. The summed E-state index contributed by atoms with van der Waals surface area (Å²) in [6.07, 6.45) is -2.83. The minimum absolute atomic E-state index is 0.0300. The van der Waals surface area contributed by atoms with Gasteiger partial charge in [-0.2, -0.15) is 13.2 Å². The fourth-order valence-electron chi connectivity index (χ4n) is 2.97. The van der Waals surface area contributed by atoms with Crippen LogP contribution >= 0.6 is 0 Å². The molecule has 1 aromatic heterocycles. The number of unbranched alkanes of at least 4 members (excludes halogenated alkanes) is 1. The Kier molecular flexibility index (Phi) is 6.73. The van der Waals surface area contributed by atoms with E-state index in [0.717, 1.165) is 18.4 Å². The van der Waals surface area contributed by atoms with E-state index in [4.69, 9.17) is 9.15 Å². The van der Waals surface area contributed by atoms with Crippen LogP contribution in [-0.4, -0.2) is 58.9 Å². The molecule has 2 heterocycles. The number of alkyl halides is 3. The Balaban J connectivity index is 1.69. The van der Waals surface area contributed by atoms with Gasteiger partial charge in [0, 0.05) is 31.7 Å². The molecule has 2 amide bonds. The highest BCUT2D eigenvalue weighted by Gasteiger charge is 2.38. The van der Waals surface area contributed by atoms with Crippen LogP contribution in [0.25, 0.3) is 11.5 Å². The SMILES string of the molecule is CCCCN(Cc1ccc(-c2nnc(C(F)(F)F)o2)cc1)C(=O)N1CCOCC1. The van der Waals surface area contributed by atoms with Crippen molar-refractivity contribution >= 4 is 6.03 Å². The number of halogens is 3. The Bertz CT molecular complexity index is 802. The highest BCUT2D eigenvalue weighted by Crippen LogP contribution is 2.30. The van der Waals surface area contributed by atoms with Crippen molar-refractivity contribution in [3.63, 3.8) is 0 Å². The molecule has 3 rings (SSSR count). The average Bonchev–Trinajstić information content (AvgIpc) is 3.22. The molecule has 1 aliphatic rings. The van der Waals surface area contributed by atoms with Crippen LogP contribution in [0.5, 0.6) is 0 Å². The van der Waals surface area contributed by atoms with E-state index in [9.17, 15) is 18.0 Å². The summed E-state index contributed by atoms with van der Waals surface area (Å²) in [6.45, 7) is 5.31. The third-order valence-corrected chi connectivity index (χ3v) is 4.58. The molecular formula is C19H23F3N4O3. The van der Waals surface area contributed by atoms with Crippen LogP contribution in [0.2, 0.25) is 0 Å². The van der Waals surface area contributed by atoms with E-state index in [0.29, 0.717) is 45.0 Å². The first kappa shape index (κ1) is 21.1. The summed E-state index contributed by atoms with van der Waals surface area (Å²) in [5, 5.41) is 6.49. The Morgan fingerprint density at radius 2 is 1.86 bits per heavy atom. The predicted octanol–water partition coefficient (Wildman–Crippen LogP) is 3.81. The van der Waals surface area contributed by atoms with Gasteiger partial charge < -0.3 is 19.0 Å². The first-order chi connectivity index (χ1) is 13.9. The van der Waals surface area contributed by atoms with Gasteiger partial charge in [-0.25, -0.2) is 4.79 Å². The van der Waals surface area contributed by atoms with E-state index >= 15 is 0 Å². The summed E-state index contributed by atoms with van der Waals surface area (Å²) in [6, 6.07) is 6.69. The molecule has 1 fully saturated rings. The van der Waals surface area contributed by atoms with Gasteiger partial charge in [0.15, 0.2) is 0 Å². The largest absolute Gasteiger partial charge is 0.470 e. The first-order valence-electron chi connectivity index (χ1n) is 9.50. The van der Waals surface area contributed by atoms with Crippen LogP contribution < -0.4 is 0 Å². The van der Waals surface area contributed by atoms with Crippen molar-refractivity contribution in [1.82, 2.24) is 20.0 Å². The van der Waals surface area contributed by atoms with E-state index in [1.54, 1.807) is 34.1 Å². The van der Waals surface area contributed by atoms with Crippen LogP contribution in [-0.2, 0) is 17.5 Å². The van der Waals surface area contributed by atoms with Crippen molar-refractivity contribution in [3.8, 4) is 11.5 Å². The topological polar surface area (TPSA) is 71.7 Å². The van der Waals surface area contributed by atoms with Gasteiger partial charge in [-0.1, -0.05) is 25.5 Å². The number of nitrogens with zero attached hydrogens (tertiary/aromatic N) is 4. The molecule has 10 heteroatoms. The van der Waals surface area contributed by atoms with Crippen LogP contribution in [0.4, 0.5) is 18.0 Å². The zero-order chi connectivity index (χ0) is 20.9. The molecule has 0 saturated carbocycles. The summed E-state index contributed by atoms with van der Waals surface area (Å²) in [5.41, 5.74) is 1.25. The molecule has 0 unspecified atom stereocenters. The summed E-state index contributed by atoms with van der Waals surface area (Å²) >= 11 is 0. The van der Waals surface area contributed by atoms with Crippen molar-refractivity contribution in [1.29, 1.82) is 0 Å². The number of urea groups is 1. The van der Waals surface area contributed by atoms with Gasteiger partial charge in [-0.05, 0) is 24.1 Å². The Morgan fingerprint density at radius 1 is 1.17 bits per heavy atom. The maximum atomic E-state index is 12.9. The number of carbonyl (C=O) groups excluding carboxylic acids is 1. The number of amides is 2. The van der Waals surface area contributed by atoms with Crippen LogP contribution in [0.3, 0.4) is 0 Å². The molecule has 2 aromatic rings. The third kappa shape index (κ3) is 5.47. The molecule has 158 valence electrons. The number of ether oxygens (including phenoxy) is 1. The van der Waals surface area contributed by atoms with Gasteiger partial charge in [0.05, 0.1) is 13.2 Å².